The highest BCUT2D eigenvalue weighted by Crippen LogP contribution is 2.36. The van der Waals surface area contributed by atoms with E-state index in [2.05, 4.69) is 15.4 Å². The highest BCUT2D eigenvalue weighted by atomic mass is 19.1. The van der Waals surface area contributed by atoms with Crippen molar-refractivity contribution in [2.45, 2.75) is 44.5 Å². The third-order valence-electron chi connectivity index (χ3n) is 10.00. The number of amides is 1. The van der Waals surface area contributed by atoms with Crippen molar-refractivity contribution in [3.8, 4) is 22.7 Å². The van der Waals surface area contributed by atoms with Crippen LogP contribution in [0.15, 0.2) is 61.1 Å². The van der Waals surface area contributed by atoms with E-state index in [1.807, 2.05) is 39.5 Å². The second-order valence-electron chi connectivity index (χ2n) is 13.2. The molecule has 6 bridgehead atoms. The Bertz CT molecular complexity index is 2330. The Morgan fingerprint density at radius 3 is 2.80 bits per heavy atom. The SMILES string of the molecule is COc1cc(F)ccc1-n1ncc2c(N3CC4C[C@H]3C(=O)N3CCCO[C@@H](C3)Cn3c(C)nc5cc(F)cc(c53)-c3cccc(n3)N4)ncnc21. The number of aryl methyl sites for hydroxylation is 1. The number of halogens is 2. The van der Waals surface area contributed by atoms with Crippen LogP contribution in [0.5, 0.6) is 5.75 Å². The van der Waals surface area contributed by atoms with Crippen molar-refractivity contribution in [3.63, 3.8) is 0 Å². The zero-order valence-electron chi connectivity index (χ0n) is 28.0. The third kappa shape index (κ3) is 5.39. The normalized spacial score (nSPS) is 20.6. The molecule has 3 aliphatic heterocycles. The van der Waals surface area contributed by atoms with E-state index < -0.39 is 17.7 Å². The van der Waals surface area contributed by atoms with Crippen molar-refractivity contribution in [2.75, 3.05) is 43.6 Å². The number of hydrogen-bond acceptors (Lipinski definition) is 10. The zero-order chi connectivity index (χ0) is 34.8. The molecular weight excluding hydrogens is 658 g/mol. The second-order valence-corrected chi connectivity index (χ2v) is 13.2. The van der Waals surface area contributed by atoms with Crippen molar-refractivity contribution in [2.24, 2.45) is 0 Å². The Hall–Kier alpha value is -5.70. The van der Waals surface area contributed by atoms with Crippen LogP contribution >= 0.6 is 0 Å². The average Bonchev–Trinajstić information content (AvgIpc) is 3.77. The molecule has 2 fully saturated rings. The van der Waals surface area contributed by atoms with Crippen LogP contribution in [0, 0.1) is 18.6 Å². The predicted molar refractivity (Wildman–Crippen MR) is 185 cm³/mol. The molecule has 0 spiro atoms. The lowest BCUT2D eigenvalue weighted by Gasteiger charge is -2.31. The fourth-order valence-corrected chi connectivity index (χ4v) is 7.74. The number of carbonyl (C=O) groups excluding carboxylic acids is 1. The molecule has 7 heterocycles. The largest absolute Gasteiger partial charge is 0.494 e. The summed E-state index contributed by atoms with van der Waals surface area (Å²) in [5.74, 6) is 1.32. The van der Waals surface area contributed by atoms with Gasteiger partial charge in [0.25, 0.3) is 0 Å². The molecule has 13 nitrogen and oxygen atoms in total. The van der Waals surface area contributed by atoms with Gasteiger partial charge in [-0.1, -0.05) is 6.07 Å². The summed E-state index contributed by atoms with van der Waals surface area (Å²) in [7, 11) is 1.47. The number of methoxy groups -OCH3 is 1. The van der Waals surface area contributed by atoms with Crippen molar-refractivity contribution >= 4 is 39.6 Å². The standard InChI is InChI=1S/C36H34F2N10O3/c1-20-42-28-12-22(38)11-25-27-5-3-6-32(44-27)43-23-14-30(36(49)45-9-4-10-51-24(17-45)18-46(20)33(25)28)47(16-23)34-26-15-41-48(35(26)40-19-39-34)29-8-7-21(37)13-31(29)50-2/h3,5-8,11-13,15,19,23-24,30H,4,9-10,14,16-18H2,1-2H3,(H,43,44)/t23?,24-,30-/m0/s1. The summed E-state index contributed by atoms with van der Waals surface area (Å²) in [5, 5.41) is 8.79. The number of nitrogens with one attached hydrogen (secondary N) is 1. The maximum absolute atomic E-state index is 15.0. The summed E-state index contributed by atoms with van der Waals surface area (Å²) in [6.45, 7) is 4.19. The molecule has 1 unspecified atom stereocenters. The molecule has 2 aromatic carbocycles. The number of carbonyl (C=O) groups is 1. The Morgan fingerprint density at radius 2 is 1.92 bits per heavy atom. The monoisotopic (exact) mass is 692 g/mol. The number of ether oxygens (including phenoxy) is 2. The van der Waals surface area contributed by atoms with Crippen LogP contribution < -0.4 is 15.0 Å². The summed E-state index contributed by atoms with van der Waals surface area (Å²) >= 11 is 0. The Kier molecular flexibility index (Phi) is 7.52. The number of imidazole rings is 1. The average molecular weight is 693 g/mol. The lowest BCUT2D eigenvalue weighted by atomic mass is 10.1. The number of fused-ring (bicyclic) bond motifs is 8. The van der Waals surface area contributed by atoms with E-state index in [0.717, 1.165) is 11.3 Å². The van der Waals surface area contributed by atoms with Crippen LogP contribution in [-0.2, 0) is 16.1 Å². The van der Waals surface area contributed by atoms with Crippen molar-refractivity contribution in [1.29, 1.82) is 0 Å². The summed E-state index contributed by atoms with van der Waals surface area (Å²) in [6, 6.07) is 12.0. The van der Waals surface area contributed by atoms with E-state index in [0.29, 0.717) is 96.5 Å². The van der Waals surface area contributed by atoms with Crippen molar-refractivity contribution in [3.05, 3.63) is 78.5 Å². The van der Waals surface area contributed by atoms with Gasteiger partial charge in [0.05, 0.1) is 48.1 Å². The number of aromatic nitrogens is 7. The first-order chi connectivity index (χ1) is 24.8. The first-order valence-electron chi connectivity index (χ1n) is 16.9. The van der Waals surface area contributed by atoms with Gasteiger partial charge in [-0.15, -0.1) is 0 Å². The highest BCUT2D eigenvalue weighted by molar-refractivity contribution is 5.94. The smallest absolute Gasteiger partial charge is 0.245 e. The Morgan fingerprint density at radius 1 is 1.02 bits per heavy atom. The molecule has 2 saturated heterocycles. The van der Waals surface area contributed by atoms with E-state index in [4.69, 9.17) is 24.4 Å². The first-order valence-corrected chi connectivity index (χ1v) is 16.9. The Labute approximate surface area is 290 Å². The molecular formula is C36H34F2N10O3. The fourth-order valence-electron chi connectivity index (χ4n) is 7.74. The number of hydrogen-bond donors (Lipinski definition) is 1. The van der Waals surface area contributed by atoms with E-state index in [-0.39, 0.29) is 18.1 Å². The van der Waals surface area contributed by atoms with Crippen molar-refractivity contribution in [1.82, 2.24) is 39.2 Å². The molecule has 1 amide bonds. The lowest BCUT2D eigenvalue weighted by Crippen LogP contribution is -2.48. The molecule has 3 aliphatic rings. The lowest BCUT2D eigenvalue weighted by molar-refractivity contribution is -0.133. The minimum atomic E-state index is -0.565. The molecule has 3 atom stereocenters. The van der Waals surface area contributed by atoms with E-state index in [1.54, 1.807) is 16.9 Å². The molecule has 51 heavy (non-hydrogen) atoms. The summed E-state index contributed by atoms with van der Waals surface area (Å²) in [4.78, 5) is 37.5. The van der Waals surface area contributed by atoms with Gasteiger partial charge in [0.1, 0.15) is 52.9 Å². The number of pyridine rings is 1. The number of benzene rings is 2. The van der Waals surface area contributed by atoms with Crippen molar-refractivity contribution < 1.29 is 23.0 Å². The molecule has 9 rings (SSSR count). The molecule has 260 valence electrons. The number of nitrogens with zero attached hydrogens (tertiary/aromatic N) is 9. The van der Waals surface area contributed by atoms with Gasteiger partial charge >= 0.3 is 0 Å². The first kappa shape index (κ1) is 31.3. The Balaban J connectivity index is 1.15. The van der Waals surface area contributed by atoms with E-state index >= 15 is 4.39 Å². The van der Waals surface area contributed by atoms with Crippen LogP contribution in [0.1, 0.15) is 18.7 Å². The second kappa shape index (κ2) is 12.3. The zero-order valence-corrected chi connectivity index (χ0v) is 28.0. The van der Waals surface area contributed by atoms with Gasteiger partial charge in [-0.25, -0.2) is 33.4 Å². The maximum atomic E-state index is 15.0. The predicted octanol–water partition coefficient (Wildman–Crippen LogP) is 4.51. The van der Waals surface area contributed by atoms with Gasteiger partial charge in [0.15, 0.2) is 5.65 Å². The minimum Gasteiger partial charge on any atom is -0.494 e. The third-order valence-corrected chi connectivity index (χ3v) is 10.00. The van der Waals surface area contributed by atoms with Gasteiger partial charge < -0.3 is 29.2 Å². The van der Waals surface area contributed by atoms with Gasteiger partial charge in [-0.3, -0.25) is 4.79 Å². The van der Waals surface area contributed by atoms with Crippen LogP contribution in [0.3, 0.4) is 0 Å². The molecule has 0 radical (unpaired) electrons. The molecule has 0 saturated carbocycles. The molecule has 6 aromatic rings. The quantitative estimate of drug-likeness (QED) is 0.283. The summed E-state index contributed by atoms with van der Waals surface area (Å²) < 4.78 is 44.5. The molecule has 15 heteroatoms. The molecule has 0 aliphatic carbocycles. The van der Waals surface area contributed by atoms with Gasteiger partial charge in [-0.05, 0) is 50.1 Å². The van der Waals surface area contributed by atoms with Gasteiger partial charge in [0, 0.05) is 50.0 Å². The topological polar surface area (TPSA) is 128 Å². The van der Waals surface area contributed by atoms with Crippen LogP contribution in [0.2, 0.25) is 0 Å². The summed E-state index contributed by atoms with van der Waals surface area (Å²) in [6.07, 6.45) is 3.95. The number of rotatable bonds is 3. The number of anilines is 2. The van der Waals surface area contributed by atoms with Crippen LogP contribution in [0.25, 0.3) is 39.0 Å². The minimum absolute atomic E-state index is 0.0271. The highest BCUT2D eigenvalue weighted by Gasteiger charge is 2.42. The molecule has 4 aromatic heterocycles. The summed E-state index contributed by atoms with van der Waals surface area (Å²) in [5.41, 5.74) is 3.56. The molecule has 1 N–H and O–H groups in total. The maximum Gasteiger partial charge on any atom is 0.245 e. The van der Waals surface area contributed by atoms with Crippen LogP contribution in [0.4, 0.5) is 20.4 Å². The van der Waals surface area contributed by atoms with E-state index in [1.165, 1.54) is 37.7 Å². The van der Waals surface area contributed by atoms with E-state index in [9.17, 15) is 9.18 Å². The van der Waals surface area contributed by atoms with Crippen LogP contribution in [-0.4, -0.2) is 96.6 Å². The van der Waals surface area contributed by atoms with Gasteiger partial charge in [-0.2, -0.15) is 5.10 Å². The fraction of sp³-hybridized carbons (Fsp3) is 0.333. The van der Waals surface area contributed by atoms with Gasteiger partial charge in [0.2, 0.25) is 5.91 Å².